The number of methoxy groups -OCH3 is 1. The molecule has 1 atom stereocenters. The van der Waals surface area contributed by atoms with Gasteiger partial charge < -0.3 is 4.74 Å². The summed E-state index contributed by atoms with van der Waals surface area (Å²) < 4.78 is 31.5. The fourth-order valence-electron chi connectivity index (χ4n) is 1.55. The highest BCUT2D eigenvalue weighted by atomic mass is 32.2. The van der Waals surface area contributed by atoms with Gasteiger partial charge in [0.1, 0.15) is 0 Å². The zero-order valence-corrected chi connectivity index (χ0v) is 12.7. The van der Waals surface area contributed by atoms with Gasteiger partial charge in [-0.1, -0.05) is 0 Å². The summed E-state index contributed by atoms with van der Waals surface area (Å²) in [5.41, 5.74) is 0.809. The van der Waals surface area contributed by atoms with E-state index in [2.05, 4.69) is 4.72 Å². The Morgan fingerprint density at radius 3 is 2.50 bits per heavy atom. The van der Waals surface area contributed by atoms with Crippen molar-refractivity contribution in [3.8, 4) is 0 Å². The molecule has 1 aromatic rings. The second kappa shape index (κ2) is 6.29. The zero-order valence-electron chi connectivity index (χ0n) is 11.8. The maximum atomic E-state index is 12.1. The molecule has 0 radical (unpaired) electrons. The second-order valence-corrected chi connectivity index (χ2v) is 6.31. The Morgan fingerprint density at radius 2 is 2.00 bits per heavy atom. The lowest BCUT2D eigenvalue weighted by Gasteiger charge is -2.12. The average molecular weight is 302 g/mol. The van der Waals surface area contributed by atoms with Crippen molar-refractivity contribution in [2.24, 2.45) is 0 Å². The van der Waals surface area contributed by atoms with Gasteiger partial charge in [0.25, 0.3) is 5.69 Å². The molecule has 0 aromatic heterocycles. The van der Waals surface area contributed by atoms with E-state index in [1.165, 1.54) is 13.2 Å². The number of nitro benzene ring substituents is 1. The Morgan fingerprint density at radius 1 is 1.40 bits per heavy atom. The van der Waals surface area contributed by atoms with Crippen molar-refractivity contribution in [2.75, 3.05) is 13.7 Å². The SMILES string of the molecule is COC(C)CNS(=O)(=O)c1cc(C)c(C)c([N+](=O)[O-])c1. The van der Waals surface area contributed by atoms with Gasteiger partial charge in [0.2, 0.25) is 10.0 Å². The molecule has 1 unspecified atom stereocenters. The molecule has 0 heterocycles. The van der Waals surface area contributed by atoms with E-state index in [1.807, 2.05) is 0 Å². The van der Waals surface area contributed by atoms with Crippen molar-refractivity contribution in [3.63, 3.8) is 0 Å². The molecule has 0 aliphatic rings. The molecule has 0 bridgehead atoms. The number of sulfonamides is 1. The van der Waals surface area contributed by atoms with E-state index >= 15 is 0 Å². The number of hydrogen-bond donors (Lipinski definition) is 1. The lowest BCUT2D eigenvalue weighted by molar-refractivity contribution is -0.385. The fraction of sp³-hybridized carbons (Fsp3) is 0.500. The van der Waals surface area contributed by atoms with Crippen LogP contribution in [0.4, 0.5) is 5.69 Å². The molecule has 7 nitrogen and oxygen atoms in total. The summed E-state index contributed by atoms with van der Waals surface area (Å²) in [6, 6.07) is 2.49. The quantitative estimate of drug-likeness (QED) is 0.634. The zero-order chi connectivity index (χ0) is 15.5. The molecule has 0 saturated heterocycles. The summed E-state index contributed by atoms with van der Waals surface area (Å²) in [7, 11) is -2.32. The molecule has 0 amide bonds. The lowest BCUT2D eigenvalue weighted by atomic mass is 10.1. The van der Waals surface area contributed by atoms with Crippen LogP contribution in [0.15, 0.2) is 17.0 Å². The van der Waals surface area contributed by atoms with Gasteiger partial charge in [0.05, 0.1) is 15.9 Å². The predicted molar refractivity (Wildman–Crippen MR) is 74.2 cm³/mol. The first-order valence-corrected chi connectivity index (χ1v) is 7.45. The number of nitrogens with zero attached hydrogens (tertiary/aromatic N) is 1. The molecular formula is C12H18N2O5S. The Labute approximate surface area is 118 Å². The number of ether oxygens (including phenoxy) is 1. The molecular weight excluding hydrogens is 284 g/mol. The van der Waals surface area contributed by atoms with Crippen LogP contribution in [-0.2, 0) is 14.8 Å². The van der Waals surface area contributed by atoms with Crippen LogP contribution < -0.4 is 4.72 Å². The Balaban J connectivity index is 3.16. The van der Waals surface area contributed by atoms with E-state index in [0.29, 0.717) is 11.1 Å². The average Bonchev–Trinajstić information content (AvgIpc) is 2.38. The van der Waals surface area contributed by atoms with Crippen molar-refractivity contribution in [1.29, 1.82) is 0 Å². The summed E-state index contributed by atoms with van der Waals surface area (Å²) in [6.45, 7) is 5.04. The summed E-state index contributed by atoms with van der Waals surface area (Å²) in [5.74, 6) is 0. The van der Waals surface area contributed by atoms with E-state index in [9.17, 15) is 18.5 Å². The van der Waals surface area contributed by atoms with Gasteiger partial charge in [-0.25, -0.2) is 13.1 Å². The lowest BCUT2D eigenvalue weighted by Crippen LogP contribution is -2.31. The van der Waals surface area contributed by atoms with Gasteiger partial charge in [-0.15, -0.1) is 0 Å². The number of benzene rings is 1. The molecule has 20 heavy (non-hydrogen) atoms. The van der Waals surface area contributed by atoms with Crippen molar-refractivity contribution in [3.05, 3.63) is 33.4 Å². The van der Waals surface area contributed by atoms with Crippen LogP contribution in [0.5, 0.6) is 0 Å². The van der Waals surface area contributed by atoms with E-state index in [0.717, 1.165) is 6.07 Å². The summed E-state index contributed by atoms with van der Waals surface area (Å²) in [6.07, 6.45) is -0.286. The predicted octanol–water partition coefficient (Wildman–Crippen LogP) is 1.52. The summed E-state index contributed by atoms with van der Waals surface area (Å²) in [5, 5.41) is 10.9. The van der Waals surface area contributed by atoms with Crippen LogP contribution in [0, 0.1) is 24.0 Å². The Kier molecular flexibility index (Phi) is 5.21. The van der Waals surface area contributed by atoms with Crippen molar-refractivity contribution >= 4 is 15.7 Å². The fourth-order valence-corrected chi connectivity index (χ4v) is 2.77. The number of hydrogen-bond acceptors (Lipinski definition) is 5. The van der Waals surface area contributed by atoms with Crippen molar-refractivity contribution < 1.29 is 18.1 Å². The van der Waals surface area contributed by atoms with E-state index in [1.54, 1.807) is 20.8 Å². The van der Waals surface area contributed by atoms with Gasteiger partial charge in [-0.2, -0.15) is 0 Å². The normalized spacial score (nSPS) is 13.2. The Hall–Kier alpha value is -1.51. The molecule has 0 aliphatic heterocycles. The molecule has 112 valence electrons. The highest BCUT2D eigenvalue weighted by molar-refractivity contribution is 7.89. The maximum absolute atomic E-state index is 12.1. The minimum absolute atomic E-state index is 0.0968. The summed E-state index contributed by atoms with van der Waals surface area (Å²) >= 11 is 0. The molecule has 1 N–H and O–H groups in total. The molecule has 1 aromatic carbocycles. The minimum atomic E-state index is -3.80. The monoisotopic (exact) mass is 302 g/mol. The van der Waals surface area contributed by atoms with Gasteiger partial charge in [0, 0.05) is 25.3 Å². The topological polar surface area (TPSA) is 98.5 Å². The highest BCUT2D eigenvalue weighted by Crippen LogP contribution is 2.25. The smallest absolute Gasteiger partial charge is 0.273 e. The van der Waals surface area contributed by atoms with Crippen LogP contribution in [0.2, 0.25) is 0 Å². The third-order valence-electron chi connectivity index (χ3n) is 3.08. The summed E-state index contributed by atoms with van der Waals surface area (Å²) in [4.78, 5) is 10.2. The van der Waals surface area contributed by atoms with E-state index in [4.69, 9.17) is 4.74 Å². The molecule has 0 aliphatic carbocycles. The van der Waals surface area contributed by atoms with Gasteiger partial charge in [-0.05, 0) is 32.4 Å². The van der Waals surface area contributed by atoms with Gasteiger partial charge in [0.15, 0.2) is 0 Å². The number of nitrogens with one attached hydrogen (secondary N) is 1. The first-order valence-electron chi connectivity index (χ1n) is 5.97. The maximum Gasteiger partial charge on any atom is 0.273 e. The molecule has 8 heteroatoms. The molecule has 0 fully saturated rings. The van der Waals surface area contributed by atoms with Crippen molar-refractivity contribution in [1.82, 2.24) is 4.72 Å². The van der Waals surface area contributed by atoms with Crippen LogP contribution in [0.1, 0.15) is 18.1 Å². The van der Waals surface area contributed by atoms with Crippen molar-refractivity contribution in [2.45, 2.75) is 31.8 Å². The van der Waals surface area contributed by atoms with Crippen LogP contribution in [0.25, 0.3) is 0 Å². The highest BCUT2D eigenvalue weighted by Gasteiger charge is 2.21. The number of rotatable bonds is 6. The Bertz CT molecular complexity index is 613. The molecule has 1 rings (SSSR count). The third kappa shape index (κ3) is 3.75. The van der Waals surface area contributed by atoms with Gasteiger partial charge in [-0.3, -0.25) is 10.1 Å². The molecule has 0 saturated carbocycles. The largest absolute Gasteiger partial charge is 0.380 e. The standard InChI is InChI=1S/C12H18N2O5S/c1-8-5-11(6-12(10(8)3)14(15)16)20(17,18)13-7-9(2)19-4/h5-6,9,13H,7H2,1-4H3. The second-order valence-electron chi connectivity index (χ2n) is 4.54. The van der Waals surface area contributed by atoms with E-state index < -0.39 is 14.9 Å². The third-order valence-corrected chi connectivity index (χ3v) is 4.49. The number of aryl methyl sites for hydroxylation is 1. The first kappa shape index (κ1) is 16.5. The number of nitro groups is 1. The van der Waals surface area contributed by atoms with Crippen LogP contribution in [0.3, 0.4) is 0 Å². The van der Waals surface area contributed by atoms with Gasteiger partial charge >= 0.3 is 0 Å². The van der Waals surface area contributed by atoms with Crippen LogP contribution in [-0.4, -0.2) is 33.1 Å². The minimum Gasteiger partial charge on any atom is -0.380 e. The van der Waals surface area contributed by atoms with E-state index in [-0.39, 0.29) is 23.2 Å². The first-order chi connectivity index (χ1) is 9.19. The molecule has 0 spiro atoms. The van der Waals surface area contributed by atoms with Crippen LogP contribution >= 0.6 is 0 Å².